The molecule has 0 aromatic heterocycles. The first-order chi connectivity index (χ1) is 11.7. The second-order valence-electron chi connectivity index (χ2n) is 6.86. The standard InChI is InChI=1S/C19H23N3O2S/c1-19(2,3)20-18(25)22-21-17(24)11-10-16(23)15-9-8-13-6-4-5-7-14(13)12-15/h4-9,12H,10-11H2,1-3H3,(H,21,24)(H2,20,22,25). The van der Waals surface area contributed by atoms with Gasteiger partial charge in [0.15, 0.2) is 10.9 Å². The Morgan fingerprint density at radius 1 is 0.960 bits per heavy atom. The zero-order valence-electron chi connectivity index (χ0n) is 14.7. The van der Waals surface area contributed by atoms with E-state index in [4.69, 9.17) is 12.2 Å². The third-order valence-corrected chi connectivity index (χ3v) is 3.66. The van der Waals surface area contributed by atoms with E-state index in [2.05, 4.69) is 16.2 Å². The van der Waals surface area contributed by atoms with Gasteiger partial charge in [0.05, 0.1) is 0 Å². The van der Waals surface area contributed by atoms with E-state index >= 15 is 0 Å². The molecule has 0 radical (unpaired) electrons. The monoisotopic (exact) mass is 357 g/mol. The van der Waals surface area contributed by atoms with E-state index in [9.17, 15) is 9.59 Å². The fraction of sp³-hybridized carbons (Fsp3) is 0.316. The number of hydrazine groups is 1. The molecule has 25 heavy (non-hydrogen) atoms. The van der Waals surface area contributed by atoms with Gasteiger partial charge in [-0.15, -0.1) is 0 Å². The summed E-state index contributed by atoms with van der Waals surface area (Å²) >= 11 is 5.07. The van der Waals surface area contributed by atoms with Crippen LogP contribution in [-0.4, -0.2) is 22.3 Å². The van der Waals surface area contributed by atoms with Crippen molar-refractivity contribution < 1.29 is 9.59 Å². The van der Waals surface area contributed by atoms with Crippen molar-refractivity contribution in [3.05, 3.63) is 48.0 Å². The molecule has 0 heterocycles. The Balaban J connectivity index is 1.82. The lowest BCUT2D eigenvalue weighted by Crippen LogP contribution is -2.52. The molecule has 0 unspecified atom stereocenters. The number of rotatable bonds is 4. The lowest BCUT2D eigenvalue weighted by atomic mass is 10.0. The predicted molar refractivity (Wildman–Crippen MR) is 104 cm³/mol. The SMILES string of the molecule is CC(C)(C)NC(=S)NNC(=O)CCC(=O)c1ccc2ccccc2c1. The van der Waals surface area contributed by atoms with E-state index in [1.165, 1.54) is 0 Å². The highest BCUT2D eigenvalue weighted by molar-refractivity contribution is 7.80. The van der Waals surface area contributed by atoms with E-state index in [1.54, 1.807) is 6.07 Å². The average molecular weight is 357 g/mol. The van der Waals surface area contributed by atoms with Gasteiger partial charge >= 0.3 is 0 Å². The van der Waals surface area contributed by atoms with Gasteiger partial charge < -0.3 is 5.32 Å². The summed E-state index contributed by atoms with van der Waals surface area (Å²) in [6.07, 6.45) is 0.238. The molecule has 3 N–H and O–H groups in total. The van der Waals surface area contributed by atoms with Crippen LogP contribution in [0.3, 0.4) is 0 Å². The largest absolute Gasteiger partial charge is 0.357 e. The fourth-order valence-corrected chi connectivity index (χ4v) is 2.65. The molecular formula is C19H23N3O2S. The third kappa shape index (κ3) is 6.15. The number of thiocarbonyl (C=S) groups is 1. The topological polar surface area (TPSA) is 70.2 Å². The number of hydrogen-bond donors (Lipinski definition) is 3. The smallest absolute Gasteiger partial charge is 0.238 e. The van der Waals surface area contributed by atoms with Crippen LogP contribution in [0, 0.1) is 0 Å². The minimum absolute atomic E-state index is 0.0590. The maximum absolute atomic E-state index is 12.3. The van der Waals surface area contributed by atoms with E-state index in [-0.39, 0.29) is 30.1 Å². The first kappa shape index (κ1) is 18.9. The van der Waals surface area contributed by atoms with Gasteiger partial charge in [-0.25, -0.2) is 0 Å². The number of hydrogen-bond acceptors (Lipinski definition) is 3. The first-order valence-electron chi connectivity index (χ1n) is 8.13. The average Bonchev–Trinajstić information content (AvgIpc) is 2.56. The number of nitrogens with one attached hydrogen (secondary N) is 3. The van der Waals surface area contributed by atoms with Crippen molar-refractivity contribution in [3.63, 3.8) is 0 Å². The zero-order chi connectivity index (χ0) is 18.4. The van der Waals surface area contributed by atoms with Crippen LogP contribution >= 0.6 is 12.2 Å². The van der Waals surface area contributed by atoms with Crippen molar-refractivity contribution in [1.82, 2.24) is 16.2 Å². The summed E-state index contributed by atoms with van der Waals surface area (Å²) in [7, 11) is 0. The highest BCUT2D eigenvalue weighted by atomic mass is 32.1. The lowest BCUT2D eigenvalue weighted by molar-refractivity contribution is -0.121. The van der Waals surface area contributed by atoms with Gasteiger partial charge in [0.2, 0.25) is 5.91 Å². The van der Waals surface area contributed by atoms with Crippen molar-refractivity contribution in [3.8, 4) is 0 Å². The van der Waals surface area contributed by atoms with E-state index in [1.807, 2.05) is 57.2 Å². The maximum Gasteiger partial charge on any atom is 0.238 e. The van der Waals surface area contributed by atoms with Crippen molar-refractivity contribution in [1.29, 1.82) is 0 Å². The van der Waals surface area contributed by atoms with Crippen molar-refractivity contribution in [2.45, 2.75) is 39.2 Å². The van der Waals surface area contributed by atoms with Crippen molar-refractivity contribution in [2.24, 2.45) is 0 Å². The summed E-state index contributed by atoms with van der Waals surface area (Å²) in [6.45, 7) is 5.89. The molecule has 0 atom stereocenters. The number of ketones is 1. The summed E-state index contributed by atoms with van der Waals surface area (Å²) in [6, 6.07) is 13.4. The number of amides is 1. The summed E-state index contributed by atoms with van der Waals surface area (Å²) in [5, 5.41) is 5.45. The molecule has 2 aromatic rings. The zero-order valence-corrected chi connectivity index (χ0v) is 15.5. The van der Waals surface area contributed by atoms with E-state index in [0.717, 1.165) is 10.8 Å². The minimum Gasteiger partial charge on any atom is -0.357 e. The highest BCUT2D eigenvalue weighted by Crippen LogP contribution is 2.17. The highest BCUT2D eigenvalue weighted by Gasteiger charge is 2.13. The molecule has 2 rings (SSSR count). The van der Waals surface area contributed by atoms with Crippen LogP contribution in [-0.2, 0) is 4.79 Å². The summed E-state index contributed by atoms with van der Waals surface area (Å²) in [5.74, 6) is -0.344. The Hall–Kier alpha value is -2.47. The lowest BCUT2D eigenvalue weighted by Gasteiger charge is -2.23. The van der Waals surface area contributed by atoms with Gasteiger partial charge in [-0.05, 0) is 49.8 Å². The van der Waals surface area contributed by atoms with Crippen LogP contribution in [0.2, 0.25) is 0 Å². The molecule has 6 heteroatoms. The predicted octanol–water partition coefficient (Wildman–Crippen LogP) is 3.10. The second-order valence-corrected chi connectivity index (χ2v) is 7.27. The Bertz CT molecular complexity index is 797. The van der Waals surface area contributed by atoms with Gasteiger partial charge in [0.1, 0.15) is 0 Å². The third-order valence-electron chi connectivity index (χ3n) is 3.45. The molecular weight excluding hydrogens is 334 g/mol. The molecule has 0 aliphatic carbocycles. The van der Waals surface area contributed by atoms with Gasteiger partial charge in [-0.2, -0.15) is 0 Å². The number of fused-ring (bicyclic) bond motifs is 1. The molecule has 0 spiro atoms. The van der Waals surface area contributed by atoms with Crippen molar-refractivity contribution in [2.75, 3.05) is 0 Å². The Labute approximate surface area is 153 Å². The first-order valence-corrected chi connectivity index (χ1v) is 8.54. The number of carbonyl (C=O) groups is 2. The minimum atomic E-state index is -0.285. The van der Waals surface area contributed by atoms with Crippen LogP contribution in [0.4, 0.5) is 0 Å². The van der Waals surface area contributed by atoms with Gasteiger partial charge in [-0.3, -0.25) is 20.4 Å². The Morgan fingerprint density at radius 3 is 2.32 bits per heavy atom. The number of carbonyl (C=O) groups excluding carboxylic acids is 2. The summed E-state index contributed by atoms with van der Waals surface area (Å²) in [4.78, 5) is 24.1. The van der Waals surface area contributed by atoms with E-state index in [0.29, 0.717) is 10.7 Å². The molecule has 2 aromatic carbocycles. The Morgan fingerprint density at radius 2 is 1.64 bits per heavy atom. The molecule has 0 bridgehead atoms. The molecule has 0 saturated carbocycles. The van der Waals surface area contributed by atoms with Gasteiger partial charge in [0.25, 0.3) is 0 Å². The molecule has 0 aliphatic heterocycles. The van der Waals surface area contributed by atoms with Gasteiger partial charge in [-0.1, -0.05) is 36.4 Å². The summed E-state index contributed by atoms with van der Waals surface area (Å²) in [5.41, 5.74) is 5.55. The molecule has 132 valence electrons. The fourth-order valence-electron chi connectivity index (χ4n) is 2.29. The molecule has 5 nitrogen and oxygen atoms in total. The molecule has 0 aliphatic rings. The van der Waals surface area contributed by atoms with Crippen LogP contribution in [0.15, 0.2) is 42.5 Å². The van der Waals surface area contributed by atoms with Crippen LogP contribution in [0.1, 0.15) is 44.0 Å². The van der Waals surface area contributed by atoms with Crippen molar-refractivity contribution >= 4 is 39.8 Å². The maximum atomic E-state index is 12.3. The molecule has 1 amide bonds. The quantitative estimate of drug-likeness (QED) is 0.446. The van der Waals surface area contributed by atoms with E-state index < -0.39 is 0 Å². The normalized spacial score (nSPS) is 11.0. The molecule has 0 saturated heterocycles. The Kier molecular flexibility index (Phi) is 6.09. The summed E-state index contributed by atoms with van der Waals surface area (Å²) < 4.78 is 0. The van der Waals surface area contributed by atoms with Crippen LogP contribution < -0.4 is 16.2 Å². The van der Waals surface area contributed by atoms with Crippen LogP contribution in [0.25, 0.3) is 10.8 Å². The van der Waals surface area contributed by atoms with Crippen LogP contribution in [0.5, 0.6) is 0 Å². The molecule has 0 fully saturated rings. The number of Topliss-reactive ketones (excluding diaryl/α,β-unsaturated/α-hetero) is 1. The van der Waals surface area contributed by atoms with Gasteiger partial charge in [0, 0.05) is 23.9 Å². The second kappa shape index (κ2) is 8.07. The number of benzene rings is 2.